The SMILES string of the molecule is Cc1ccnc(CC(C)N(C)C(=O)Cc2ccccc2O)c1. The van der Waals surface area contributed by atoms with Gasteiger partial charge in [-0.15, -0.1) is 0 Å². The van der Waals surface area contributed by atoms with Crippen molar-refractivity contribution in [3.05, 3.63) is 59.4 Å². The van der Waals surface area contributed by atoms with Crippen molar-refractivity contribution in [2.45, 2.75) is 32.7 Å². The van der Waals surface area contributed by atoms with E-state index < -0.39 is 0 Å². The molecular weight excluding hydrogens is 276 g/mol. The van der Waals surface area contributed by atoms with Crippen LogP contribution in [0, 0.1) is 6.92 Å². The molecule has 0 aliphatic carbocycles. The number of nitrogens with zero attached hydrogens (tertiary/aromatic N) is 2. The largest absolute Gasteiger partial charge is 0.508 e. The number of hydrogen-bond donors (Lipinski definition) is 1. The number of phenolic OH excluding ortho intramolecular Hbond substituents is 1. The molecule has 2 rings (SSSR count). The van der Waals surface area contributed by atoms with Crippen LogP contribution in [-0.4, -0.2) is 34.0 Å². The van der Waals surface area contributed by atoms with Gasteiger partial charge in [0.15, 0.2) is 0 Å². The van der Waals surface area contributed by atoms with Gasteiger partial charge >= 0.3 is 0 Å². The highest BCUT2D eigenvalue weighted by Gasteiger charge is 2.18. The summed E-state index contributed by atoms with van der Waals surface area (Å²) in [5.41, 5.74) is 2.80. The van der Waals surface area contributed by atoms with Crippen molar-refractivity contribution in [3.63, 3.8) is 0 Å². The maximum atomic E-state index is 12.4. The molecule has 4 nitrogen and oxygen atoms in total. The number of phenols is 1. The number of likely N-dealkylation sites (N-methyl/N-ethyl adjacent to an activating group) is 1. The normalized spacial score (nSPS) is 12.0. The molecule has 1 N–H and O–H groups in total. The van der Waals surface area contributed by atoms with Crippen LogP contribution < -0.4 is 0 Å². The van der Waals surface area contributed by atoms with Gasteiger partial charge in [-0.3, -0.25) is 9.78 Å². The fourth-order valence-corrected chi connectivity index (χ4v) is 2.34. The summed E-state index contributed by atoms with van der Waals surface area (Å²) in [6.45, 7) is 4.04. The summed E-state index contributed by atoms with van der Waals surface area (Å²) in [6.07, 6.45) is 2.71. The first-order valence-corrected chi connectivity index (χ1v) is 7.41. The van der Waals surface area contributed by atoms with Gasteiger partial charge in [0.2, 0.25) is 5.91 Å². The number of aromatic hydroxyl groups is 1. The molecule has 1 amide bonds. The molecule has 1 aromatic heterocycles. The molecule has 0 radical (unpaired) electrons. The summed E-state index contributed by atoms with van der Waals surface area (Å²) >= 11 is 0. The van der Waals surface area contributed by atoms with E-state index in [2.05, 4.69) is 4.98 Å². The number of carbonyl (C=O) groups is 1. The second kappa shape index (κ2) is 7.07. The molecule has 22 heavy (non-hydrogen) atoms. The molecule has 1 aromatic carbocycles. The van der Waals surface area contributed by atoms with E-state index in [0.29, 0.717) is 12.0 Å². The van der Waals surface area contributed by atoms with E-state index in [9.17, 15) is 9.90 Å². The zero-order valence-electron chi connectivity index (χ0n) is 13.3. The summed E-state index contributed by atoms with van der Waals surface area (Å²) in [5, 5.41) is 9.76. The Morgan fingerprint density at radius 1 is 1.32 bits per heavy atom. The average Bonchev–Trinajstić information content (AvgIpc) is 2.48. The number of amides is 1. The van der Waals surface area contributed by atoms with E-state index in [4.69, 9.17) is 0 Å². The molecule has 0 spiro atoms. The third-order valence-electron chi connectivity index (χ3n) is 3.86. The van der Waals surface area contributed by atoms with Crippen LogP contribution >= 0.6 is 0 Å². The zero-order chi connectivity index (χ0) is 16.1. The number of rotatable bonds is 5. The predicted octanol–water partition coefficient (Wildman–Crippen LogP) is 2.73. The van der Waals surface area contributed by atoms with E-state index in [1.54, 1.807) is 36.3 Å². The second-order valence-electron chi connectivity index (χ2n) is 5.69. The van der Waals surface area contributed by atoms with Gasteiger partial charge in [0.05, 0.1) is 6.42 Å². The van der Waals surface area contributed by atoms with Crippen molar-refractivity contribution in [1.29, 1.82) is 0 Å². The Labute approximate surface area is 131 Å². The highest BCUT2D eigenvalue weighted by Crippen LogP contribution is 2.17. The average molecular weight is 298 g/mol. The molecule has 0 saturated heterocycles. The molecule has 4 heteroatoms. The minimum Gasteiger partial charge on any atom is -0.508 e. The maximum absolute atomic E-state index is 12.4. The Bertz CT molecular complexity index is 655. The fraction of sp³-hybridized carbons (Fsp3) is 0.333. The molecule has 0 saturated carbocycles. The number of aromatic nitrogens is 1. The summed E-state index contributed by atoms with van der Waals surface area (Å²) in [7, 11) is 1.79. The Hall–Kier alpha value is -2.36. The van der Waals surface area contributed by atoms with Crippen molar-refractivity contribution in [2.75, 3.05) is 7.05 Å². The minimum absolute atomic E-state index is 0.0124. The van der Waals surface area contributed by atoms with Crippen molar-refractivity contribution in [3.8, 4) is 5.75 Å². The second-order valence-corrected chi connectivity index (χ2v) is 5.69. The Morgan fingerprint density at radius 2 is 2.05 bits per heavy atom. The van der Waals surface area contributed by atoms with Gasteiger partial charge in [0.1, 0.15) is 5.75 Å². The number of hydrogen-bond acceptors (Lipinski definition) is 3. The smallest absolute Gasteiger partial charge is 0.227 e. The lowest BCUT2D eigenvalue weighted by molar-refractivity contribution is -0.130. The van der Waals surface area contributed by atoms with Gasteiger partial charge in [-0.2, -0.15) is 0 Å². The third kappa shape index (κ3) is 4.07. The van der Waals surface area contributed by atoms with Crippen molar-refractivity contribution in [1.82, 2.24) is 9.88 Å². The summed E-state index contributed by atoms with van der Waals surface area (Å²) in [5.74, 6) is 0.152. The zero-order valence-corrected chi connectivity index (χ0v) is 13.3. The summed E-state index contributed by atoms with van der Waals surface area (Å²) in [6, 6.07) is 11.0. The topological polar surface area (TPSA) is 53.4 Å². The van der Waals surface area contributed by atoms with Crippen molar-refractivity contribution >= 4 is 5.91 Å². The molecule has 0 fully saturated rings. The number of benzene rings is 1. The van der Waals surface area contributed by atoms with Gasteiger partial charge in [0, 0.05) is 37.0 Å². The molecule has 116 valence electrons. The van der Waals surface area contributed by atoms with E-state index in [0.717, 1.165) is 5.69 Å². The Balaban J connectivity index is 1.99. The Morgan fingerprint density at radius 3 is 2.73 bits per heavy atom. The lowest BCUT2D eigenvalue weighted by Gasteiger charge is -2.25. The molecule has 1 atom stereocenters. The molecular formula is C18H22N2O2. The van der Waals surface area contributed by atoms with Crippen LogP contribution in [0.2, 0.25) is 0 Å². The summed E-state index contributed by atoms with van der Waals surface area (Å²) < 4.78 is 0. The predicted molar refractivity (Wildman–Crippen MR) is 86.7 cm³/mol. The first kappa shape index (κ1) is 16.0. The van der Waals surface area contributed by atoms with Crippen LogP contribution in [0.15, 0.2) is 42.6 Å². The highest BCUT2D eigenvalue weighted by molar-refractivity contribution is 5.79. The first-order valence-electron chi connectivity index (χ1n) is 7.41. The molecule has 0 bridgehead atoms. The van der Waals surface area contributed by atoms with Gasteiger partial charge < -0.3 is 10.0 Å². The third-order valence-corrected chi connectivity index (χ3v) is 3.86. The Kier molecular flexibility index (Phi) is 5.15. The van der Waals surface area contributed by atoms with Crippen molar-refractivity contribution < 1.29 is 9.90 Å². The van der Waals surface area contributed by atoms with E-state index in [1.807, 2.05) is 32.0 Å². The first-order chi connectivity index (χ1) is 10.5. The highest BCUT2D eigenvalue weighted by atomic mass is 16.3. The van der Waals surface area contributed by atoms with Crippen LogP contribution in [-0.2, 0) is 17.6 Å². The molecule has 0 aliphatic rings. The lowest BCUT2D eigenvalue weighted by atomic mass is 10.1. The number of pyridine rings is 1. The van der Waals surface area contributed by atoms with Gasteiger partial charge in [0.25, 0.3) is 0 Å². The number of aryl methyl sites for hydroxylation is 1. The van der Waals surface area contributed by atoms with Crippen LogP contribution in [0.1, 0.15) is 23.7 Å². The molecule has 1 heterocycles. The molecule has 0 aliphatic heterocycles. The molecule has 2 aromatic rings. The van der Waals surface area contributed by atoms with Crippen LogP contribution in [0.3, 0.4) is 0 Å². The molecule has 1 unspecified atom stereocenters. The van der Waals surface area contributed by atoms with Crippen molar-refractivity contribution in [2.24, 2.45) is 0 Å². The number of para-hydroxylation sites is 1. The number of carbonyl (C=O) groups excluding carboxylic acids is 1. The van der Waals surface area contributed by atoms with E-state index in [1.165, 1.54) is 5.56 Å². The monoisotopic (exact) mass is 298 g/mol. The van der Waals surface area contributed by atoms with E-state index >= 15 is 0 Å². The van der Waals surface area contributed by atoms with E-state index in [-0.39, 0.29) is 24.1 Å². The van der Waals surface area contributed by atoms with Crippen LogP contribution in [0.5, 0.6) is 5.75 Å². The summed E-state index contributed by atoms with van der Waals surface area (Å²) in [4.78, 5) is 18.4. The fourth-order valence-electron chi connectivity index (χ4n) is 2.34. The lowest BCUT2D eigenvalue weighted by Crippen LogP contribution is -2.37. The quantitative estimate of drug-likeness (QED) is 0.923. The standard InChI is InChI=1S/C18H22N2O2/c1-13-8-9-19-16(10-13)11-14(2)20(3)18(22)12-15-6-4-5-7-17(15)21/h4-10,14,21H,11-12H2,1-3H3. The van der Waals surface area contributed by atoms with Crippen LogP contribution in [0.4, 0.5) is 0 Å². The van der Waals surface area contributed by atoms with Gasteiger partial charge in [-0.05, 0) is 37.6 Å². The van der Waals surface area contributed by atoms with Gasteiger partial charge in [-0.25, -0.2) is 0 Å². The minimum atomic E-state index is -0.0124. The van der Waals surface area contributed by atoms with Crippen LogP contribution in [0.25, 0.3) is 0 Å². The van der Waals surface area contributed by atoms with Gasteiger partial charge in [-0.1, -0.05) is 18.2 Å². The maximum Gasteiger partial charge on any atom is 0.227 e.